The molecule has 0 spiro atoms. The van der Waals surface area contributed by atoms with Gasteiger partial charge in [-0.2, -0.15) is 5.10 Å². The number of thioether (sulfide) groups is 1. The first kappa shape index (κ1) is 19.9. The predicted molar refractivity (Wildman–Crippen MR) is 116 cm³/mol. The highest BCUT2D eigenvalue weighted by Gasteiger charge is 2.04. The number of nitrogens with zero attached hydrogens (tertiary/aromatic N) is 4. The lowest BCUT2D eigenvalue weighted by Crippen LogP contribution is -2.36. The summed E-state index contributed by atoms with van der Waals surface area (Å²) >= 11 is 1.77. The maximum Gasteiger partial charge on any atom is 0.191 e. The molecule has 1 heterocycles. The number of hydrogen-bond donors (Lipinski definition) is 2. The van der Waals surface area contributed by atoms with Gasteiger partial charge >= 0.3 is 0 Å². The maximum absolute atomic E-state index is 4.72. The number of aromatic nitrogens is 3. The highest BCUT2D eigenvalue weighted by molar-refractivity contribution is 7.98. The maximum atomic E-state index is 4.72. The molecule has 0 saturated heterocycles. The highest BCUT2D eigenvalue weighted by atomic mass is 32.2. The second-order valence-electron chi connectivity index (χ2n) is 6.37. The fourth-order valence-electron chi connectivity index (χ4n) is 2.78. The molecule has 0 saturated carbocycles. The molecule has 0 fully saturated rings. The Morgan fingerprint density at radius 1 is 1.14 bits per heavy atom. The van der Waals surface area contributed by atoms with Crippen molar-refractivity contribution < 1.29 is 0 Å². The van der Waals surface area contributed by atoms with Crippen LogP contribution in [0.3, 0.4) is 0 Å². The minimum absolute atomic E-state index is 0.607. The minimum atomic E-state index is 0.607. The van der Waals surface area contributed by atoms with E-state index in [1.165, 1.54) is 22.3 Å². The van der Waals surface area contributed by atoms with E-state index >= 15 is 0 Å². The summed E-state index contributed by atoms with van der Waals surface area (Å²) in [6, 6.07) is 14.7. The molecule has 0 amide bonds. The Bertz CT molecular complexity index is 903. The molecule has 0 bridgehead atoms. The van der Waals surface area contributed by atoms with Crippen LogP contribution in [-0.2, 0) is 13.1 Å². The van der Waals surface area contributed by atoms with E-state index in [9.17, 15) is 0 Å². The van der Waals surface area contributed by atoms with Gasteiger partial charge < -0.3 is 10.6 Å². The van der Waals surface area contributed by atoms with Crippen LogP contribution in [-0.4, -0.2) is 33.5 Å². The molecule has 0 radical (unpaired) electrons. The molecular weight excluding hydrogens is 368 g/mol. The Balaban J connectivity index is 1.64. The van der Waals surface area contributed by atoms with E-state index in [-0.39, 0.29) is 0 Å². The van der Waals surface area contributed by atoms with Gasteiger partial charge in [-0.15, -0.1) is 11.8 Å². The average Bonchev–Trinajstić information content (AvgIpc) is 3.26. The fraction of sp³-hybridized carbons (Fsp3) is 0.286. The number of nitrogens with one attached hydrogen (secondary N) is 2. The number of benzene rings is 2. The molecule has 6 nitrogen and oxygen atoms in total. The monoisotopic (exact) mass is 394 g/mol. The zero-order chi connectivity index (χ0) is 19.8. The van der Waals surface area contributed by atoms with E-state index in [1.54, 1.807) is 22.8 Å². The molecule has 146 valence electrons. The first-order valence-electron chi connectivity index (χ1n) is 9.29. The topological polar surface area (TPSA) is 67.1 Å². The van der Waals surface area contributed by atoms with Crippen molar-refractivity contribution in [3.63, 3.8) is 0 Å². The quantitative estimate of drug-likeness (QED) is 0.364. The Kier molecular flexibility index (Phi) is 7.08. The summed E-state index contributed by atoms with van der Waals surface area (Å²) in [7, 11) is 0. The number of aliphatic imine (C=N–C) groups is 1. The first-order valence-corrected chi connectivity index (χ1v) is 10.5. The SMILES string of the molecule is CCNC(=NCc1ccc(-n2cncn2)cc1)NCc1ccc(C)cc1SC. The Hall–Kier alpha value is -2.80. The van der Waals surface area contributed by atoms with E-state index < -0.39 is 0 Å². The summed E-state index contributed by atoms with van der Waals surface area (Å²) in [6.07, 6.45) is 5.33. The van der Waals surface area contributed by atoms with Gasteiger partial charge in [0.15, 0.2) is 5.96 Å². The molecule has 7 heteroatoms. The van der Waals surface area contributed by atoms with Gasteiger partial charge in [-0.3, -0.25) is 0 Å². The zero-order valence-electron chi connectivity index (χ0n) is 16.5. The summed E-state index contributed by atoms with van der Waals surface area (Å²) in [4.78, 5) is 9.99. The number of aryl methyl sites for hydroxylation is 1. The van der Waals surface area contributed by atoms with Crippen LogP contribution in [0.2, 0.25) is 0 Å². The van der Waals surface area contributed by atoms with E-state index in [0.29, 0.717) is 6.54 Å². The van der Waals surface area contributed by atoms with E-state index in [4.69, 9.17) is 4.99 Å². The molecule has 28 heavy (non-hydrogen) atoms. The summed E-state index contributed by atoms with van der Waals surface area (Å²) in [5.74, 6) is 0.815. The van der Waals surface area contributed by atoms with Crippen molar-refractivity contribution in [2.75, 3.05) is 12.8 Å². The molecule has 2 aromatic carbocycles. The van der Waals surface area contributed by atoms with Crippen LogP contribution < -0.4 is 10.6 Å². The number of guanidine groups is 1. The molecule has 0 aliphatic heterocycles. The first-order chi connectivity index (χ1) is 13.7. The van der Waals surface area contributed by atoms with Crippen molar-refractivity contribution in [3.05, 3.63) is 71.8 Å². The molecule has 0 atom stereocenters. The van der Waals surface area contributed by atoms with Crippen molar-refractivity contribution in [3.8, 4) is 5.69 Å². The minimum Gasteiger partial charge on any atom is -0.357 e. The van der Waals surface area contributed by atoms with Crippen LogP contribution >= 0.6 is 11.8 Å². The fourth-order valence-corrected chi connectivity index (χ4v) is 3.49. The van der Waals surface area contributed by atoms with Crippen LogP contribution in [0.4, 0.5) is 0 Å². The van der Waals surface area contributed by atoms with Crippen LogP contribution in [0.15, 0.2) is 65.0 Å². The normalized spacial score (nSPS) is 11.5. The lowest BCUT2D eigenvalue weighted by molar-refractivity contribution is 0.807. The second-order valence-corrected chi connectivity index (χ2v) is 7.22. The van der Waals surface area contributed by atoms with Crippen LogP contribution in [0.25, 0.3) is 5.69 Å². The smallest absolute Gasteiger partial charge is 0.191 e. The lowest BCUT2D eigenvalue weighted by atomic mass is 10.1. The molecular formula is C21H26N6S. The van der Waals surface area contributed by atoms with Crippen molar-refractivity contribution >= 4 is 17.7 Å². The molecule has 3 aromatic rings. The van der Waals surface area contributed by atoms with E-state index in [0.717, 1.165) is 30.3 Å². The van der Waals surface area contributed by atoms with Gasteiger partial charge in [-0.1, -0.05) is 24.3 Å². The van der Waals surface area contributed by atoms with Gasteiger partial charge in [-0.05, 0) is 55.0 Å². The van der Waals surface area contributed by atoms with E-state index in [2.05, 4.69) is 71.2 Å². The Labute approximate surface area is 170 Å². The standard InChI is InChI=1S/C21H26N6S/c1-4-23-21(25-13-18-8-5-16(2)11-20(18)28-3)24-12-17-6-9-19(10-7-17)27-15-22-14-26-27/h5-11,14-15H,4,12-13H2,1-3H3,(H2,23,24,25). The van der Waals surface area contributed by atoms with Crippen molar-refractivity contribution in [2.24, 2.45) is 4.99 Å². The largest absolute Gasteiger partial charge is 0.357 e. The van der Waals surface area contributed by atoms with Crippen LogP contribution in [0.5, 0.6) is 0 Å². The summed E-state index contributed by atoms with van der Waals surface area (Å²) in [5.41, 5.74) is 4.68. The molecule has 2 N–H and O–H groups in total. The Morgan fingerprint density at radius 3 is 2.64 bits per heavy atom. The third kappa shape index (κ3) is 5.36. The second kappa shape index (κ2) is 9.94. The average molecular weight is 395 g/mol. The summed E-state index contributed by atoms with van der Waals surface area (Å²) in [5, 5.41) is 10.9. The van der Waals surface area contributed by atoms with Crippen LogP contribution in [0.1, 0.15) is 23.6 Å². The van der Waals surface area contributed by atoms with E-state index in [1.807, 2.05) is 12.1 Å². The summed E-state index contributed by atoms with van der Waals surface area (Å²) in [6.45, 7) is 6.37. The van der Waals surface area contributed by atoms with Crippen LogP contribution in [0, 0.1) is 6.92 Å². The molecule has 0 aliphatic rings. The van der Waals surface area contributed by atoms with Gasteiger partial charge in [0.05, 0.1) is 12.2 Å². The van der Waals surface area contributed by atoms with Gasteiger partial charge in [0, 0.05) is 18.0 Å². The number of rotatable bonds is 7. The lowest BCUT2D eigenvalue weighted by Gasteiger charge is -2.14. The highest BCUT2D eigenvalue weighted by Crippen LogP contribution is 2.21. The van der Waals surface area contributed by atoms with Crippen molar-refractivity contribution in [2.45, 2.75) is 31.8 Å². The summed E-state index contributed by atoms with van der Waals surface area (Å²) < 4.78 is 1.74. The molecule has 0 unspecified atom stereocenters. The van der Waals surface area contributed by atoms with Gasteiger partial charge in [0.1, 0.15) is 12.7 Å². The van der Waals surface area contributed by atoms with Gasteiger partial charge in [-0.25, -0.2) is 14.7 Å². The molecule has 1 aromatic heterocycles. The third-order valence-electron chi connectivity index (χ3n) is 4.27. The molecule has 3 rings (SSSR count). The zero-order valence-corrected chi connectivity index (χ0v) is 17.3. The molecule has 0 aliphatic carbocycles. The van der Waals surface area contributed by atoms with Gasteiger partial charge in [0.25, 0.3) is 0 Å². The van der Waals surface area contributed by atoms with Gasteiger partial charge in [0.2, 0.25) is 0 Å². The number of hydrogen-bond acceptors (Lipinski definition) is 4. The third-order valence-corrected chi connectivity index (χ3v) is 5.09. The van der Waals surface area contributed by atoms with Crippen molar-refractivity contribution in [1.29, 1.82) is 0 Å². The Morgan fingerprint density at radius 2 is 1.96 bits per heavy atom. The van der Waals surface area contributed by atoms with Crippen molar-refractivity contribution in [1.82, 2.24) is 25.4 Å². The predicted octanol–water partition coefficient (Wildman–Crippen LogP) is 3.55.